The predicted molar refractivity (Wildman–Crippen MR) is 128 cm³/mol. The SMILES string of the molecule is O=C(Nc1cccc(Cn2cc(Cl)cn2)c1)c1ccc(COc2cccc3ccccc23)o1. The average molecular weight is 458 g/mol. The fourth-order valence-electron chi connectivity index (χ4n) is 3.60. The summed E-state index contributed by atoms with van der Waals surface area (Å²) in [6.07, 6.45) is 3.34. The Balaban J connectivity index is 1.23. The second-order valence-electron chi connectivity index (χ2n) is 7.54. The van der Waals surface area contributed by atoms with E-state index in [9.17, 15) is 4.79 Å². The van der Waals surface area contributed by atoms with Crippen LogP contribution in [0.3, 0.4) is 0 Å². The standard InChI is InChI=1S/C26H20ClN3O3/c27-20-14-28-30(16-20)15-18-5-3-8-21(13-18)29-26(31)25-12-11-22(33-25)17-32-24-10-4-7-19-6-1-2-9-23(19)24/h1-14,16H,15,17H2,(H,29,31). The highest BCUT2D eigenvalue weighted by molar-refractivity contribution is 6.30. The molecule has 1 N–H and O–H groups in total. The van der Waals surface area contributed by atoms with Crippen LogP contribution in [0.2, 0.25) is 5.02 Å². The van der Waals surface area contributed by atoms with E-state index in [1.54, 1.807) is 29.2 Å². The summed E-state index contributed by atoms with van der Waals surface area (Å²) >= 11 is 5.92. The molecule has 1 amide bonds. The molecule has 2 heterocycles. The van der Waals surface area contributed by atoms with E-state index in [1.165, 1.54) is 0 Å². The van der Waals surface area contributed by atoms with Crippen molar-refractivity contribution in [3.8, 4) is 5.75 Å². The topological polar surface area (TPSA) is 69.3 Å². The van der Waals surface area contributed by atoms with Crippen LogP contribution in [0.4, 0.5) is 5.69 Å². The van der Waals surface area contributed by atoms with Crippen LogP contribution < -0.4 is 10.1 Å². The van der Waals surface area contributed by atoms with Gasteiger partial charge >= 0.3 is 0 Å². The highest BCUT2D eigenvalue weighted by Gasteiger charge is 2.13. The predicted octanol–water partition coefficient (Wildman–Crippen LogP) is 6.16. The summed E-state index contributed by atoms with van der Waals surface area (Å²) in [6, 6.07) is 24.9. The summed E-state index contributed by atoms with van der Waals surface area (Å²) in [7, 11) is 0. The maximum absolute atomic E-state index is 12.7. The molecule has 7 heteroatoms. The largest absolute Gasteiger partial charge is 0.485 e. The van der Waals surface area contributed by atoms with Gasteiger partial charge in [-0.15, -0.1) is 0 Å². The summed E-state index contributed by atoms with van der Waals surface area (Å²) in [5, 5.41) is 9.76. The number of fused-ring (bicyclic) bond motifs is 1. The number of rotatable bonds is 7. The number of anilines is 1. The zero-order chi connectivity index (χ0) is 22.6. The quantitative estimate of drug-likeness (QED) is 0.317. The van der Waals surface area contributed by atoms with Crippen molar-refractivity contribution in [2.75, 3.05) is 5.32 Å². The van der Waals surface area contributed by atoms with Crippen molar-refractivity contribution >= 4 is 34.0 Å². The maximum atomic E-state index is 12.7. The van der Waals surface area contributed by atoms with Gasteiger partial charge in [-0.1, -0.05) is 60.1 Å². The van der Waals surface area contributed by atoms with Crippen molar-refractivity contribution in [3.05, 3.63) is 113 Å². The highest BCUT2D eigenvalue weighted by Crippen LogP contribution is 2.26. The summed E-state index contributed by atoms with van der Waals surface area (Å²) in [5.41, 5.74) is 1.65. The Labute approximate surface area is 195 Å². The van der Waals surface area contributed by atoms with Crippen molar-refractivity contribution in [2.24, 2.45) is 0 Å². The second-order valence-corrected chi connectivity index (χ2v) is 7.98. The lowest BCUT2D eigenvalue weighted by Crippen LogP contribution is -2.11. The van der Waals surface area contributed by atoms with Gasteiger partial charge in [0.2, 0.25) is 0 Å². The third kappa shape index (κ3) is 4.91. The Hall–Kier alpha value is -4.03. The summed E-state index contributed by atoms with van der Waals surface area (Å²) in [5.74, 6) is 1.23. The van der Waals surface area contributed by atoms with Crippen LogP contribution in [0, 0.1) is 0 Å². The van der Waals surface area contributed by atoms with Gasteiger partial charge in [-0.05, 0) is 41.3 Å². The Bertz CT molecular complexity index is 1420. The van der Waals surface area contributed by atoms with Crippen LogP contribution in [0.25, 0.3) is 10.8 Å². The molecular formula is C26H20ClN3O3. The molecule has 0 aliphatic carbocycles. The number of benzene rings is 3. The van der Waals surface area contributed by atoms with Crippen LogP contribution >= 0.6 is 11.6 Å². The second kappa shape index (κ2) is 9.22. The van der Waals surface area contributed by atoms with E-state index < -0.39 is 0 Å². The first-order chi connectivity index (χ1) is 16.1. The molecule has 0 unspecified atom stereocenters. The normalized spacial score (nSPS) is 10.9. The minimum Gasteiger partial charge on any atom is -0.485 e. The Morgan fingerprint density at radius 3 is 2.76 bits per heavy atom. The van der Waals surface area contributed by atoms with E-state index in [0.717, 1.165) is 22.1 Å². The van der Waals surface area contributed by atoms with Gasteiger partial charge in [0.15, 0.2) is 5.76 Å². The van der Waals surface area contributed by atoms with Gasteiger partial charge in [0.25, 0.3) is 5.91 Å². The monoisotopic (exact) mass is 457 g/mol. The van der Waals surface area contributed by atoms with E-state index in [2.05, 4.69) is 10.4 Å². The molecule has 0 aliphatic rings. The van der Waals surface area contributed by atoms with Gasteiger partial charge in [-0.2, -0.15) is 5.10 Å². The molecule has 0 fully saturated rings. The molecule has 5 aromatic rings. The highest BCUT2D eigenvalue weighted by atomic mass is 35.5. The van der Waals surface area contributed by atoms with Crippen LogP contribution in [0.1, 0.15) is 21.9 Å². The van der Waals surface area contributed by atoms with Gasteiger partial charge in [0, 0.05) is 17.3 Å². The first-order valence-corrected chi connectivity index (χ1v) is 10.8. The maximum Gasteiger partial charge on any atom is 0.291 e. The molecule has 164 valence electrons. The molecule has 6 nitrogen and oxygen atoms in total. The number of amides is 1. The third-order valence-corrected chi connectivity index (χ3v) is 5.33. The molecule has 0 atom stereocenters. The Morgan fingerprint density at radius 2 is 1.88 bits per heavy atom. The number of carbonyl (C=O) groups is 1. The molecule has 0 aliphatic heterocycles. The van der Waals surface area contributed by atoms with Crippen LogP contribution in [0.5, 0.6) is 5.75 Å². The van der Waals surface area contributed by atoms with Crippen LogP contribution in [0.15, 0.2) is 95.7 Å². The molecule has 3 aromatic carbocycles. The first-order valence-electron chi connectivity index (χ1n) is 10.4. The molecule has 0 bridgehead atoms. The van der Waals surface area contributed by atoms with Crippen molar-refractivity contribution in [1.29, 1.82) is 0 Å². The number of furan rings is 1. The number of nitrogens with one attached hydrogen (secondary N) is 1. The van der Waals surface area contributed by atoms with E-state index in [1.807, 2.05) is 66.7 Å². The lowest BCUT2D eigenvalue weighted by atomic mass is 10.1. The molecule has 0 saturated carbocycles. The molecule has 33 heavy (non-hydrogen) atoms. The lowest BCUT2D eigenvalue weighted by Gasteiger charge is -2.08. The average Bonchev–Trinajstić information content (AvgIpc) is 3.47. The summed E-state index contributed by atoms with van der Waals surface area (Å²) < 4.78 is 13.4. The zero-order valence-electron chi connectivity index (χ0n) is 17.6. The fourth-order valence-corrected chi connectivity index (χ4v) is 3.76. The van der Waals surface area contributed by atoms with Gasteiger partial charge < -0.3 is 14.5 Å². The van der Waals surface area contributed by atoms with Crippen molar-refractivity contribution in [1.82, 2.24) is 9.78 Å². The molecular weight excluding hydrogens is 438 g/mol. The number of aromatic nitrogens is 2. The number of hydrogen-bond donors (Lipinski definition) is 1. The van der Waals surface area contributed by atoms with E-state index in [4.69, 9.17) is 20.8 Å². The van der Waals surface area contributed by atoms with Crippen LogP contribution in [-0.4, -0.2) is 15.7 Å². The van der Waals surface area contributed by atoms with Crippen LogP contribution in [-0.2, 0) is 13.2 Å². The molecule has 0 radical (unpaired) electrons. The van der Waals surface area contributed by atoms with Gasteiger partial charge in [0.05, 0.1) is 17.8 Å². The van der Waals surface area contributed by atoms with Crippen molar-refractivity contribution in [2.45, 2.75) is 13.2 Å². The fraction of sp³-hybridized carbons (Fsp3) is 0.0769. The molecule has 0 saturated heterocycles. The lowest BCUT2D eigenvalue weighted by molar-refractivity contribution is 0.0992. The first kappa shape index (κ1) is 20.8. The van der Waals surface area contributed by atoms with Gasteiger partial charge in [-0.3, -0.25) is 9.48 Å². The van der Waals surface area contributed by atoms with E-state index >= 15 is 0 Å². The van der Waals surface area contributed by atoms with Crippen molar-refractivity contribution < 1.29 is 13.9 Å². The molecule has 0 spiro atoms. The Kier molecular flexibility index (Phi) is 5.83. The minimum atomic E-state index is -0.328. The number of hydrogen-bond acceptors (Lipinski definition) is 4. The molecule has 2 aromatic heterocycles. The molecule has 5 rings (SSSR count). The van der Waals surface area contributed by atoms with Crippen molar-refractivity contribution in [3.63, 3.8) is 0 Å². The summed E-state index contributed by atoms with van der Waals surface area (Å²) in [4.78, 5) is 12.7. The third-order valence-electron chi connectivity index (χ3n) is 5.14. The number of nitrogens with zero attached hydrogens (tertiary/aromatic N) is 2. The van der Waals surface area contributed by atoms with Gasteiger partial charge in [-0.25, -0.2) is 0 Å². The summed E-state index contributed by atoms with van der Waals surface area (Å²) in [6.45, 7) is 0.774. The number of carbonyl (C=O) groups excluding carboxylic acids is 1. The Morgan fingerprint density at radius 1 is 1.03 bits per heavy atom. The van der Waals surface area contributed by atoms with E-state index in [-0.39, 0.29) is 18.3 Å². The van der Waals surface area contributed by atoms with E-state index in [0.29, 0.717) is 23.0 Å². The van der Waals surface area contributed by atoms with Gasteiger partial charge in [0.1, 0.15) is 18.1 Å². The zero-order valence-corrected chi connectivity index (χ0v) is 18.3. The number of ether oxygens (including phenoxy) is 1. The number of halogens is 1. The minimum absolute atomic E-state index is 0.218. The smallest absolute Gasteiger partial charge is 0.291 e.